The first-order valence-electron chi connectivity index (χ1n) is 4.57. The molecule has 0 atom stereocenters. The molecule has 79 valence electrons. The summed E-state index contributed by atoms with van der Waals surface area (Å²) < 4.78 is 17.2. The average Bonchev–Trinajstić information content (AvgIpc) is 1.97. The number of nitriles is 1. The monoisotopic (exact) mass is 423 g/mol. The average molecular weight is 423 g/mol. The first-order chi connectivity index (χ1) is 6.15. The number of hydrogen-bond acceptors (Lipinski definition) is 4. The summed E-state index contributed by atoms with van der Waals surface area (Å²) in [5.74, 6) is -0.605. The molecule has 0 bridgehead atoms. The molecule has 0 aromatic heterocycles. The molecule has 0 aromatic rings. The molecule has 0 saturated heterocycles. The van der Waals surface area contributed by atoms with Crippen molar-refractivity contribution in [1.82, 2.24) is 0 Å². The van der Waals surface area contributed by atoms with Crippen LogP contribution in [0.15, 0.2) is 2.33 Å². The van der Waals surface area contributed by atoms with Crippen LogP contribution >= 0.6 is 0 Å². The molecule has 0 radical (unpaired) electrons. The van der Waals surface area contributed by atoms with Crippen LogP contribution in [-0.2, 0) is 9.53 Å². The van der Waals surface area contributed by atoms with Gasteiger partial charge in [-0.3, -0.25) is 0 Å². The molecule has 4 nitrogen and oxygen atoms in total. The van der Waals surface area contributed by atoms with Gasteiger partial charge in [0, 0.05) is 0 Å². The van der Waals surface area contributed by atoms with Gasteiger partial charge in [0.25, 0.3) is 0 Å². The zero-order chi connectivity index (χ0) is 11.4. The van der Waals surface area contributed by atoms with E-state index in [-0.39, 0.29) is 12.3 Å². The van der Waals surface area contributed by atoms with Gasteiger partial charge < -0.3 is 0 Å². The van der Waals surface area contributed by atoms with E-state index in [9.17, 15) is 4.79 Å². The van der Waals surface area contributed by atoms with Crippen LogP contribution in [0.3, 0.4) is 0 Å². The van der Waals surface area contributed by atoms with E-state index in [4.69, 9.17) is 10.00 Å². The summed E-state index contributed by atoms with van der Waals surface area (Å²) in [4.78, 5) is 11.3. The van der Waals surface area contributed by atoms with Crippen molar-refractivity contribution in [2.24, 2.45) is 2.33 Å². The quantitative estimate of drug-likeness (QED) is 0.517. The van der Waals surface area contributed by atoms with E-state index in [1.54, 1.807) is 13.0 Å². The number of carbonyl (C=O) groups is 1. The molecule has 0 aliphatic heterocycles. The van der Waals surface area contributed by atoms with E-state index in [2.05, 4.69) is 18.2 Å². The Hall–Kier alpha value is -0.318. The van der Waals surface area contributed by atoms with Crippen molar-refractivity contribution < 1.29 is 32.5 Å². The zero-order valence-corrected chi connectivity index (χ0v) is 13.6. The summed E-state index contributed by atoms with van der Waals surface area (Å²) >= 11 is -3.23. The van der Waals surface area contributed by atoms with Crippen LogP contribution in [0.5, 0.6) is 0 Å². The number of esters is 1. The van der Waals surface area contributed by atoms with Gasteiger partial charge in [-0.05, 0) is 0 Å². The third-order valence-corrected chi connectivity index (χ3v) is 5.79. The van der Waals surface area contributed by atoms with Gasteiger partial charge >= 0.3 is 87.2 Å². The molecule has 0 spiro atoms. The maximum atomic E-state index is 11.3. The molecule has 0 heterocycles. The Morgan fingerprint density at radius 3 is 2.21 bits per heavy atom. The Labute approximate surface area is 86.8 Å². The number of rotatable bonds is 3. The Morgan fingerprint density at radius 1 is 1.43 bits per heavy atom. The van der Waals surface area contributed by atoms with Crippen molar-refractivity contribution in [2.75, 3.05) is 6.61 Å². The van der Waals surface area contributed by atoms with Crippen molar-refractivity contribution in [3.05, 3.63) is 0 Å². The standard InChI is InChI=1S/C5H5N2O2.4CH3.U/c1-2-9-5(8)4(7)3-6;;;;;/h2H2,1H3;4*1H3;/q-1;;;;;+1. The molecule has 0 aliphatic rings. The number of ether oxygens (including phenoxy) is 1. The van der Waals surface area contributed by atoms with Crippen molar-refractivity contribution in [2.45, 2.75) is 22.8 Å². The van der Waals surface area contributed by atoms with Crippen LogP contribution in [0.2, 0.25) is 15.8 Å². The van der Waals surface area contributed by atoms with Crippen LogP contribution in [-0.4, -0.2) is 18.3 Å². The molecule has 5 heteroatoms. The van der Waals surface area contributed by atoms with Crippen LogP contribution in [0, 0.1) is 34.3 Å². The summed E-state index contributed by atoms with van der Waals surface area (Å²) in [5, 5.41) is 8.76. The van der Waals surface area contributed by atoms with Crippen molar-refractivity contribution in [1.29, 1.82) is 5.26 Å². The topological polar surface area (TPSA) is 62.5 Å². The van der Waals surface area contributed by atoms with Gasteiger partial charge in [-0.15, -0.1) is 0 Å². The van der Waals surface area contributed by atoms with E-state index in [1.807, 2.05) is 0 Å². The van der Waals surface area contributed by atoms with Gasteiger partial charge in [-0.25, -0.2) is 0 Å². The third-order valence-electron chi connectivity index (χ3n) is 1.13. The fraction of sp³-hybridized carbons (Fsp3) is 0.667. The molecule has 0 saturated carbocycles. The summed E-state index contributed by atoms with van der Waals surface area (Å²) in [6.07, 6.45) is 0. The van der Waals surface area contributed by atoms with Crippen LogP contribution in [0.25, 0.3) is 0 Å². The fourth-order valence-corrected chi connectivity index (χ4v) is 5.08. The molecular weight excluding hydrogens is 406 g/mol. The van der Waals surface area contributed by atoms with Crippen molar-refractivity contribution in [3.63, 3.8) is 0 Å². The Morgan fingerprint density at radius 2 is 1.93 bits per heavy atom. The molecule has 14 heavy (non-hydrogen) atoms. The Bertz CT molecular complexity index is 298. The van der Waals surface area contributed by atoms with Crippen molar-refractivity contribution >= 4 is 11.7 Å². The van der Waals surface area contributed by atoms with E-state index >= 15 is 0 Å². The van der Waals surface area contributed by atoms with E-state index in [1.165, 1.54) is 0 Å². The second-order valence-electron chi connectivity index (χ2n) is 5.19. The van der Waals surface area contributed by atoms with Gasteiger partial charge in [0.1, 0.15) is 0 Å². The molecule has 0 aromatic carbocycles. The number of carbonyl (C=O) groups excluding carboxylic acids is 1. The summed E-state index contributed by atoms with van der Waals surface area (Å²) in [7, 11) is 0. The van der Waals surface area contributed by atoms with Gasteiger partial charge in [0.15, 0.2) is 0 Å². The maximum absolute atomic E-state index is 11.3. The second kappa shape index (κ2) is 4.47. The first kappa shape index (κ1) is 13.7. The Kier molecular flexibility index (Phi) is 4.37. The van der Waals surface area contributed by atoms with Gasteiger partial charge in [0.2, 0.25) is 0 Å². The molecule has 0 fully saturated rings. The molecular formula is C9H17N2O2U. The molecule has 0 aliphatic carbocycles. The summed E-state index contributed by atoms with van der Waals surface area (Å²) in [6, 6.07) is 1.80. The fourth-order valence-electron chi connectivity index (χ4n) is 0.763. The zero-order valence-electron chi connectivity index (χ0n) is 9.42. The van der Waals surface area contributed by atoms with Gasteiger partial charge in [-0.1, -0.05) is 0 Å². The van der Waals surface area contributed by atoms with Crippen LogP contribution in [0.1, 0.15) is 6.92 Å². The predicted octanol–water partition coefficient (Wildman–Crippen LogP) is 2.31. The minimum absolute atomic E-state index is 0.0833. The Balaban J connectivity index is 4.95. The molecule has 0 N–H and O–H groups in total. The van der Waals surface area contributed by atoms with E-state index in [0.29, 0.717) is 0 Å². The second-order valence-corrected chi connectivity index (χ2v) is 38.5. The predicted molar refractivity (Wildman–Crippen MR) is 53.1 cm³/mol. The van der Waals surface area contributed by atoms with Gasteiger partial charge in [0.05, 0.1) is 0 Å². The van der Waals surface area contributed by atoms with Crippen LogP contribution in [0.4, 0.5) is 0 Å². The van der Waals surface area contributed by atoms with E-state index < -0.39 is 29.0 Å². The number of nitrogens with zero attached hydrogens (tertiary/aromatic N) is 2. The number of hydrogen-bond donors (Lipinski definition) is 0. The minimum atomic E-state index is -3.23. The summed E-state index contributed by atoms with van der Waals surface area (Å²) in [5.41, 5.74) is -0.0833. The molecule has 0 amide bonds. The molecule has 0 unspecified atom stereocenters. The first-order valence-corrected chi connectivity index (χ1v) is 23.1. The third kappa shape index (κ3) is 6.18. The summed E-state index contributed by atoms with van der Waals surface area (Å²) in [6.45, 7) is 1.98. The SMILES string of the molecule is CCOC(=O)C(C#N)=[N][U]([CH3])([CH3])([CH3])[CH3]. The van der Waals surface area contributed by atoms with Gasteiger partial charge in [-0.2, -0.15) is 0 Å². The van der Waals surface area contributed by atoms with Crippen molar-refractivity contribution in [3.8, 4) is 6.07 Å². The molecule has 0 rings (SSSR count). The van der Waals surface area contributed by atoms with Crippen LogP contribution < -0.4 is 0 Å². The normalized spacial score (nSPS) is 15.1. The van der Waals surface area contributed by atoms with E-state index in [0.717, 1.165) is 0 Å².